The highest BCUT2D eigenvalue weighted by atomic mass is 32.2. The maximum absolute atomic E-state index is 11.9. The van der Waals surface area contributed by atoms with E-state index >= 15 is 0 Å². The van der Waals surface area contributed by atoms with Gasteiger partial charge in [-0.05, 0) is 37.1 Å². The van der Waals surface area contributed by atoms with Gasteiger partial charge in [0.05, 0.1) is 5.75 Å². The van der Waals surface area contributed by atoms with E-state index in [9.17, 15) is 8.42 Å². The van der Waals surface area contributed by atoms with Gasteiger partial charge in [0.25, 0.3) is 0 Å². The lowest BCUT2D eigenvalue weighted by Crippen LogP contribution is -2.26. The first-order valence-electron chi connectivity index (χ1n) is 6.76. The SMILES string of the molecule is CCc1ccc(NS(=O)(=O)CCCNC(C)C)cc1. The van der Waals surface area contributed by atoms with Gasteiger partial charge < -0.3 is 5.32 Å². The van der Waals surface area contributed by atoms with Crippen LogP contribution in [0.5, 0.6) is 0 Å². The summed E-state index contributed by atoms with van der Waals surface area (Å²) in [6.07, 6.45) is 1.56. The molecule has 0 saturated heterocycles. The van der Waals surface area contributed by atoms with Crippen LogP contribution in [0, 0.1) is 0 Å². The molecule has 0 bridgehead atoms. The van der Waals surface area contributed by atoms with Crippen molar-refractivity contribution in [2.45, 2.75) is 39.7 Å². The van der Waals surface area contributed by atoms with E-state index in [-0.39, 0.29) is 5.75 Å². The third-order valence-electron chi connectivity index (χ3n) is 2.78. The molecule has 2 N–H and O–H groups in total. The van der Waals surface area contributed by atoms with Crippen LogP contribution in [-0.2, 0) is 16.4 Å². The Kier molecular flexibility index (Phi) is 6.31. The van der Waals surface area contributed by atoms with Crippen molar-refractivity contribution < 1.29 is 8.42 Å². The number of anilines is 1. The molecule has 0 atom stereocenters. The zero-order valence-corrected chi connectivity index (χ0v) is 12.8. The van der Waals surface area contributed by atoms with E-state index in [2.05, 4.69) is 17.0 Å². The van der Waals surface area contributed by atoms with Crippen LogP contribution in [0.1, 0.15) is 32.8 Å². The molecule has 1 aromatic carbocycles. The van der Waals surface area contributed by atoms with Crippen LogP contribution in [-0.4, -0.2) is 26.8 Å². The second-order valence-electron chi connectivity index (χ2n) is 4.93. The van der Waals surface area contributed by atoms with E-state index in [4.69, 9.17) is 0 Å². The Labute approximate surface area is 116 Å². The molecule has 0 aliphatic carbocycles. The van der Waals surface area contributed by atoms with E-state index in [0.717, 1.165) is 6.42 Å². The summed E-state index contributed by atoms with van der Waals surface area (Å²) in [4.78, 5) is 0. The molecule has 4 nitrogen and oxygen atoms in total. The van der Waals surface area contributed by atoms with Gasteiger partial charge in [0.15, 0.2) is 0 Å². The number of nitrogens with one attached hydrogen (secondary N) is 2. The predicted octanol–water partition coefficient (Wildman–Crippen LogP) is 2.38. The van der Waals surface area contributed by atoms with Crippen molar-refractivity contribution in [1.82, 2.24) is 5.32 Å². The van der Waals surface area contributed by atoms with Gasteiger partial charge in [-0.1, -0.05) is 32.9 Å². The fourth-order valence-electron chi connectivity index (χ4n) is 1.69. The maximum atomic E-state index is 11.9. The first kappa shape index (κ1) is 16.0. The molecule has 5 heteroatoms. The van der Waals surface area contributed by atoms with E-state index < -0.39 is 10.0 Å². The summed E-state index contributed by atoms with van der Waals surface area (Å²) in [6.45, 7) is 6.87. The molecule has 108 valence electrons. The largest absolute Gasteiger partial charge is 0.314 e. The minimum atomic E-state index is -3.24. The summed E-state index contributed by atoms with van der Waals surface area (Å²) >= 11 is 0. The normalized spacial score (nSPS) is 11.8. The molecule has 0 aromatic heterocycles. The van der Waals surface area contributed by atoms with E-state index in [1.807, 2.05) is 38.1 Å². The summed E-state index contributed by atoms with van der Waals surface area (Å²) in [7, 11) is -3.24. The average Bonchev–Trinajstić information content (AvgIpc) is 2.35. The highest BCUT2D eigenvalue weighted by Gasteiger charge is 2.09. The molecule has 1 aromatic rings. The van der Waals surface area contributed by atoms with Crippen molar-refractivity contribution in [3.63, 3.8) is 0 Å². The molecule has 0 spiro atoms. The summed E-state index contributed by atoms with van der Waals surface area (Å²) < 4.78 is 26.3. The molecule has 1 rings (SSSR count). The summed E-state index contributed by atoms with van der Waals surface area (Å²) in [6, 6.07) is 7.89. The van der Waals surface area contributed by atoms with Gasteiger partial charge in [0.1, 0.15) is 0 Å². The van der Waals surface area contributed by atoms with Crippen molar-refractivity contribution in [3.05, 3.63) is 29.8 Å². The summed E-state index contributed by atoms with van der Waals surface area (Å²) in [5, 5.41) is 3.20. The Bertz CT molecular complexity index is 467. The first-order chi connectivity index (χ1) is 8.93. The fraction of sp³-hybridized carbons (Fsp3) is 0.571. The van der Waals surface area contributed by atoms with Gasteiger partial charge in [-0.2, -0.15) is 0 Å². The molecular weight excluding hydrogens is 260 g/mol. The molecule has 0 aliphatic rings. The number of hydrogen-bond acceptors (Lipinski definition) is 3. The van der Waals surface area contributed by atoms with Crippen LogP contribution < -0.4 is 10.0 Å². The lowest BCUT2D eigenvalue weighted by atomic mass is 10.2. The molecule has 0 amide bonds. The van der Waals surface area contributed by atoms with Gasteiger partial charge in [-0.25, -0.2) is 8.42 Å². The van der Waals surface area contributed by atoms with Crippen molar-refractivity contribution >= 4 is 15.7 Å². The van der Waals surface area contributed by atoms with Gasteiger partial charge in [-0.3, -0.25) is 4.72 Å². The van der Waals surface area contributed by atoms with Crippen LogP contribution in [0.15, 0.2) is 24.3 Å². The minimum absolute atomic E-state index is 0.141. The Morgan fingerprint density at radius 3 is 2.32 bits per heavy atom. The van der Waals surface area contributed by atoms with Crippen molar-refractivity contribution in [1.29, 1.82) is 0 Å². The predicted molar refractivity (Wildman–Crippen MR) is 81.0 cm³/mol. The lowest BCUT2D eigenvalue weighted by molar-refractivity contribution is 0.571. The van der Waals surface area contributed by atoms with Gasteiger partial charge in [-0.15, -0.1) is 0 Å². The molecule has 19 heavy (non-hydrogen) atoms. The first-order valence-corrected chi connectivity index (χ1v) is 8.41. The van der Waals surface area contributed by atoms with Crippen LogP contribution in [0.3, 0.4) is 0 Å². The number of sulfonamides is 1. The van der Waals surface area contributed by atoms with Crippen molar-refractivity contribution in [3.8, 4) is 0 Å². The number of rotatable bonds is 8. The molecule has 0 saturated carbocycles. The Morgan fingerprint density at radius 2 is 1.79 bits per heavy atom. The highest BCUT2D eigenvalue weighted by molar-refractivity contribution is 7.92. The molecule has 0 heterocycles. The van der Waals surface area contributed by atoms with E-state index in [0.29, 0.717) is 24.7 Å². The van der Waals surface area contributed by atoms with Crippen molar-refractivity contribution in [2.24, 2.45) is 0 Å². The Hall–Kier alpha value is -1.07. The fourth-order valence-corrected chi connectivity index (χ4v) is 2.81. The number of hydrogen-bond donors (Lipinski definition) is 2. The number of aryl methyl sites for hydroxylation is 1. The van der Waals surface area contributed by atoms with Crippen molar-refractivity contribution in [2.75, 3.05) is 17.0 Å². The summed E-state index contributed by atoms with van der Waals surface area (Å²) in [5.41, 5.74) is 1.83. The zero-order valence-electron chi connectivity index (χ0n) is 11.9. The third kappa shape index (κ3) is 6.59. The smallest absolute Gasteiger partial charge is 0.232 e. The average molecular weight is 284 g/mol. The van der Waals surface area contributed by atoms with E-state index in [1.165, 1.54) is 5.56 Å². The monoisotopic (exact) mass is 284 g/mol. The van der Waals surface area contributed by atoms with Crippen LogP contribution in [0.25, 0.3) is 0 Å². The van der Waals surface area contributed by atoms with Crippen LogP contribution in [0.2, 0.25) is 0 Å². The van der Waals surface area contributed by atoms with Gasteiger partial charge in [0.2, 0.25) is 10.0 Å². The van der Waals surface area contributed by atoms with Crippen LogP contribution >= 0.6 is 0 Å². The highest BCUT2D eigenvalue weighted by Crippen LogP contribution is 2.12. The summed E-state index contributed by atoms with van der Waals surface area (Å²) in [5.74, 6) is 0.141. The molecule has 0 radical (unpaired) electrons. The molecule has 0 unspecified atom stereocenters. The second-order valence-corrected chi connectivity index (χ2v) is 6.78. The molecular formula is C14H24N2O2S. The second kappa shape index (κ2) is 7.50. The zero-order chi connectivity index (χ0) is 14.3. The van der Waals surface area contributed by atoms with Gasteiger partial charge >= 0.3 is 0 Å². The molecule has 0 aliphatic heterocycles. The number of benzene rings is 1. The Morgan fingerprint density at radius 1 is 1.16 bits per heavy atom. The van der Waals surface area contributed by atoms with Crippen LogP contribution in [0.4, 0.5) is 5.69 Å². The van der Waals surface area contributed by atoms with E-state index in [1.54, 1.807) is 0 Å². The lowest BCUT2D eigenvalue weighted by Gasteiger charge is -2.10. The Balaban J connectivity index is 2.44. The van der Waals surface area contributed by atoms with Gasteiger partial charge in [0, 0.05) is 11.7 Å². The third-order valence-corrected chi connectivity index (χ3v) is 4.15. The topological polar surface area (TPSA) is 58.2 Å². The standard InChI is InChI=1S/C14H24N2O2S/c1-4-13-6-8-14(9-7-13)16-19(17,18)11-5-10-15-12(2)3/h6-9,12,15-16H,4-5,10-11H2,1-3H3. The molecule has 0 fully saturated rings. The minimum Gasteiger partial charge on any atom is -0.314 e. The maximum Gasteiger partial charge on any atom is 0.232 e. The quantitative estimate of drug-likeness (QED) is 0.721.